The second-order valence-corrected chi connectivity index (χ2v) is 5.00. The fraction of sp³-hybridized carbons (Fsp3) is 0.235. The first-order chi connectivity index (χ1) is 11.2. The zero-order valence-electron chi connectivity index (χ0n) is 12.8. The van der Waals surface area contributed by atoms with Crippen molar-refractivity contribution < 1.29 is 14.3 Å². The van der Waals surface area contributed by atoms with Crippen molar-refractivity contribution in [2.45, 2.75) is 6.92 Å². The predicted molar refractivity (Wildman–Crippen MR) is 91.6 cm³/mol. The highest BCUT2D eigenvalue weighted by Gasteiger charge is 2.06. The van der Waals surface area contributed by atoms with Crippen LogP contribution in [0.1, 0.15) is 6.92 Å². The Morgan fingerprint density at radius 1 is 1.04 bits per heavy atom. The number of para-hydroxylation sites is 3. The number of hydrogen-bond acceptors (Lipinski definition) is 3. The SMILES string of the molecule is CCOc1ccccc1NC(=O)NCCOc1ccccc1Cl. The molecule has 0 saturated carbocycles. The number of hydrogen-bond donors (Lipinski definition) is 2. The summed E-state index contributed by atoms with van der Waals surface area (Å²) in [5.74, 6) is 1.23. The molecule has 0 radical (unpaired) electrons. The van der Waals surface area contributed by atoms with E-state index in [1.165, 1.54) is 0 Å². The Morgan fingerprint density at radius 3 is 2.48 bits per heavy atom. The van der Waals surface area contributed by atoms with E-state index in [-0.39, 0.29) is 6.03 Å². The average Bonchev–Trinajstić information content (AvgIpc) is 2.55. The van der Waals surface area contributed by atoms with Gasteiger partial charge in [0.2, 0.25) is 0 Å². The van der Waals surface area contributed by atoms with Gasteiger partial charge in [0, 0.05) is 0 Å². The molecule has 2 N–H and O–H groups in total. The third kappa shape index (κ3) is 5.38. The number of rotatable bonds is 7. The van der Waals surface area contributed by atoms with Crippen molar-refractivity contribution in [1.82, 2.24) is 5.32 Å². The number of ether oxygens (including phenoxy) is 2. The van der Waals surface area contributed by atoms with Crippen LogP contribution in [0, 0.1) is 0 Å². The number of benzene rings is 2. The molecule has 0 aliphatic rings. The summed E-state index contributed by atoms with van der Waals surface area (Å²) in [6, 6.07) is 14.2. The lowest BCUT2D eigenvalue weighted by Gasteiger charge is -2.12. The largest absolute Gasteiger partial charge is 0.492 e. The number of carbonyl (C=O) groups is 1. The molecule has 2 rings (SSSR count). The minimum atomic E-state index is -0.320. The minimum Gasteiger partial charge on any atom is -0.492 e. The number of halogens is 1. The maximum atomic E-state index is 11.9. The van der Waals surface area contributed by atoms with Gasteiger partial charge in [-0.2, -0.15) is 0 Å². The zero-order valence-corrected chi connectivity index (χ0v) is 13.6. The van der Waals surface area contributed by atoms with Crippen LogP contribution >= 0.6 is 11.6 Å². The Labute approximate surface area is 140 Å². The summed E-state index contributed by atoms with van der Waals surface area (Å²) >= 11 is 5.98. The van der Waals surface area contributed by atoms with E-state index in [4.69, 9.17) is 21.1 Å². The molecule has 0 heterocycles. The van der Waals surface area contributed by atoms with Crippen LogP contribution in [0.3, 0.4) is 0 Å². The molecule has 2 aromatic rings. The van der Waals surface area contributed by atoms with E-state index in [0.29, 0.717) is 42.0 Å². The van der Waals surface area contributed by atoms with Crippen molar-refractivity contribution in [3.8, 4) is 11.5 Å². The molecule has 6 heteroatoms. The molecule has 0 fully saturated rings. The van der Waals surface area contributed by atoms with Gasteiger partial charge in [0.1, 0.15) is 18.1 Å². The van der Waals surface area contributed by atoms with E-state index in [0.717, 1.165) is 0 Å². The van der Waals surface area contributed by atoms with E-state index in [9.17, 15) is 4.79 Å². The normalized spacial score (nSPS) is 10.0. The van der Waals surface area contributed by atoms with E-state index in [1.54, 1.807) is 24.3 Å². The number of urea groups is 1. The Hall–Kier alpha value is -2.40. The van der Waals surface area contributed by atoms with Crippen molar-refractivity contribution in [3.05, 3.63) is 53.6 Å². The molecule has 122 valence electrons. The highest BCUT2D eigenvalue weighted by atomic mass is 35.5. The van der Waals surface area contributed by atoms with Crippen LogP contribution in [0.25, 0.3) is 0 Å². The van der Waals surface area contributed by atoms with E-state index >= 15 is 0 Å². The molecule has 0 atom stereocenters. The van der Waals surface area contributed by atoms with Gasteiger partial charge in [-0.25, -0.2) is 4.79 Å². The van der Waals surface area contributed by atoms with Crippen molar-refractivity contribution in [2.75, 3.05) is 25.1 Å². The van der Waals surface area contributed by atoms with E-state index in [2.05, 4.69) is 10.6 Å². The second kappa shape index (κ2) is 8.90. The van der Waals surface area contributed by atoms with Gasteiger partial charge in [0.05, 0.1) is 23.9 Å². The number of amides is 2. The molecule has 2 aromatic carbocycles. The predicted octanol–water partition coefficient (Wildman–Crippen LogP) is 3.94. The van der Waals surface area contributed by atoms with Crippen molar-refractivity contribution in [2.24, 2.45) is 0 Å². The van der Waals surface area contributed by atoms with Gasteiger partial charge in [-0.05, 0) is 31.2 Å². The molecule has 0 bridgehead atoms. The van der Waals surface area contributed by atoms with Crippen molar-refractivity contribution in [3.63, 3.8) is 0 Å². The molecule has 2 amide bonds. The minimum absolute atomic E-state index is 0.320. The maximum absolute atomic E-state index is 11.9. The van der Waals surface area contributed by atoms with Crippen molar-refractivity contribution in [1.29, 1.82) is 0 Å². The molecule has 5 nitrogen and oxygen atoms in total. The van der Waals surface area contributed by atoms with E-state index < -0.39 is 0 Å². The summed E-state index contributed by atoms with van der Waals surface area (Å²) < 4.78 is 11.0. The van der Waals surface area contributed by atoms with Crippen LogP contribution in [0.2, 0.25) is 5.02 Å². The van der Waals surface area contributed by atoms with Crippen molar-refractivity contribution >= 4 is 23.3 Å². The fourth-order valence-corrected chi connectivity index (χ4v) is 2.10. The molecule has 0 saturated heterocycles. The van der Waals surface area contributed by atoms with Gasteiger partial charge in [0.25, 0.3) is 0 Å². The van der Waals surface area contributed by atoms with Gasteiger partial charge in [-0.1, -0.05) is 35.9 Å². The topological polar surface area (TPSA) is 59.6 Å². The second-order valence-electron chi connectivity index (χ2n) is 4.59. The smallest absolute Gasteiger partial charge is 0.319 e. The summed E-state index contributed by atoms with van der Waals surface area (Å²) in [4.78, 5) is 11.9. The number of carbonyl (C=O) groups excluding carboxylic acids is 1. The quantitative estimate of drug-likeness (QED) is 0.754. The Balaban J connectivity index is 1.76. The van der Waals surface area contributed by atoms with Crippen LogP contribution in [0.15, 0.2) is 48.5 Å². The molecule has 0 aliphatic heterocycles. The summed E-state index contributed by atoms with van der Waals surface area (Å²) in [5, 5.41) is 6.01. The van der Waals surface area contributed by atoms with Gasteiger partial charge in [0.15, 0.2) is 0 Å². The van der Waals surface area contributed by atoms with Crippen LogP contribution < -0.4 is 20.1 Å². The lowest BCUT2D eigenvalue weighted by atomic mass is 10.3. The van der Waals surface area contributed by atoms with Gasteiger partial charge in [-0.3, -0.25) is 0 Å². The van der Waals surface area contributed by atoms with E-state index in [1.807, 2.05) is 31.2 Å². The summed E-state index contributed by atoms with van der Waals surface area (Å²) in [6.45, 7) is 3.10. The molecular formula is C17H19ClN2O3. The molecular weight excluding hydrogens is 316 g/mol. The van der Waals surface area contributed by atoms with Gasteiger partial charge < -0.3 is 20.1 Å². The third-order valence-corrected chi connectivity index (χ3v) is 3.23. The lowest BCUT2D eigenvalue weighted by molar-refractivity contribution is 0.247. The number of nitrogens with one attached hydrogen (secondary N) is 2. The first-order valence-corrected chi connectivity index (χ1v) is 7.72. The lowest BCUT2D eigenvalue weighted by Crippen LogP contribution is -2.32. The Bertz CT molecular complexity index is 649. The zero-order chi connectivity index (χ0) is 16.5. The molecule has 0 unspecified atom stereocenters. The Morgan fingerprint density at radius 2 is 1.74 bits per heavy atom. The van der Waals surface area contributed by atoms with Crippen LogP contribution in [-0.2, 0) is 0 Å². The molecule has 0 aliphatic carbocycles. The molecule has 23 heavy (non-hydrogen) atoms. The van der Waals surface area contributed by atoms with Crippen LogP contribution in [0.5, 0.6) is 11.5 Å². The first kappa shape index (κ1) is 17.0. The standard InChI is InChI=1S/C17H19ClN2O3/c1-2-22-16-10-6-4-8-14(16)20-17(21)19-11-12-23-15-9-5-3-7-13(15)18/h3-10H,2,11-12H2,1H3,(H2,19,20,21). The maximum Gasteiger partial charge on any atom is 0.319 e. The highest BCUT2D eigenvalue weighted by Crippen LogP contribution is 2.24. The van der Waals surface area contributed by atoms with Crippen LogP contribution in [0.4, 0.5) is 10.5 Å². The summed E-state index contributed by atoms with van der Waals surface area (Å²) in [5.41, 5.74) is 0.624. The summed E-state index contributed by atoms with van der Waals surface area (Å²) in [7, 11) is 0. The van der Waals surface area contributed by atoms with Crippen LogP contribution in [-0.4, -0.2) is 25.8 Å². The Kier molecular flexibility index (Phi) is 6.56. The molecule has 0 spiro atoms. The fourth-order valence-electron chi connectivity index (χ4n) is 1.91. The third-order valence-electron chi connectivity index (χ3n) is 2.92. The average molecular weight is 335 g/mol. The summed E-state index contributed by atoms with van der Waals surface area (Å²) in [6.07, 6.45) is 0. The van der Waals surface area contributed by atoms with Gasteiger partial charge in [-0.15, -0.1) is 0 Å². The monoisotopic (exact) mass is 334 g/mol. The highest BCUT2D eigenvalue weighted by molar-refractivity contribution is 6.32. The first-order valence-electron chi connectivity index (χ1n) is 7.34. The molecule has 0 aromatic heterocycles. The number of anilines is 1. The van der Waals surface area contributed by atoms with Gasteiger partial charge >= 0.3 is 6.03 Å².